The van der Waals surface area contributed by atoms with Crippen LogP contribution in [0, 0.1) is 10.1 Å². The molecule has 6 heteroatoms. The Bertz CT molecular complexity index is 455. The second kappa shape index (κ2) is 7.13. The van der Waals surface area contributed by atoms with Gasteiger partial charge >= 0.3 is 0 Å². The van der Waals surface area contributed by atoms with Crippen molar-refractivity contribution in [2.24, 2.45) is 0 Å². The molecule has 0 spiro atoms. The van der Waals surface area contributed by atoms with Crippen LogP contribution in [0.5, 0.6) is 0 Å². The number of rotatable bonds is 2. The third-order valence-electron chi connectivity index (χ3n) is 1.87. The molecule has 0 saturated carbocycles. The molecular weight excluding hydrogens is 256 g/mol. The number of hydrogen-bond acceptors (Lipinski definition) is 4. The quantitative estimate of drug-likeness (QED) is 0.475. The molecule has 0 radical (unpaired) electrons. The molecule has 1 heterocycles. The average molecular weight is 265 g/mol. The summed E-state index contributed by atoms with van der Waals surface area (Å²) in [5.74, 6) is 0. The molecule has 0 N–H and O–H groups in total. The van der Waals surface area contributed by atoms with Crippen LogP contribution >= 0.6 is 11.6 Å². The molecule has 0 saturated heterocycles. The summed E-state index contributed by atoms with van der Waals surface area (Å²) in [4.78, 5) is 23.9. The summed E-state index contributed by atoms with van der Waals surface area (Å²) >= 11 is 5.13. The Morgan fingerprint density at radius 2 is 1.67 bits per heavy atom. The Labute approximate surface area is 108 Å². The summed E-state index contributed by atoms with van der Waals surface area (Å²) in [7, 11) is 0. The molecule has 5 nitrogen and oxygen atoms in total. The minimum Gasteiger partial charge on any atom is -0.276 e. The fourth-order valence-corrected chi connectivity index (χ4v) is 1.15. The van der Waals surface area contributed by atoms with E-state index in [2.05, 4.69) is 4.98 Å². The minimum absolute atomic E-state index is 0.0586. The van der Waals surface area contributed by atoms with E-state index >= 15 is 0 Å². The average Bonchev–Trinajstić information content (AvgIpc) is 2.41. The lowest BCUT2D eigenvalue weighted by Gasteiger charge is -1.92. The highest BCUT2D eigenvalue weighted by atomic mass is 35.5. The topological polar surface area (TPSA) is 73.1 Å². The van der Waals surface area contributed by atoms with E-state index in [4.69, 9.17) is 11.6 Å². The van der Waals surface area contributed by atoms with E-state index in [9.17, 15) is 14.9 Å². The standard InChI is InChI=1S/C7H4ClNO3.C5H5N/c8-7(10)5-1-3-6(4-2-5)9(11)12;1-2-4-6-5-3-1/h1-4H;1-5H. The maximum Gasteiger partial charge on any atom is 0.269 e. The van der Waals surface area contributed by atoms with Gasteiger partial charge in [-0.3, -0.25) is 19.9 Å². The van der Waals surface area contributed by atoms with E-state index in [0.717, 1.165) is 0 Å². The molecule has 0 aliphatic rings. The van der Waals surface area contributed by atoms with Crippen LogP contribution in [-0.4, -0.2) is 15.1 Å². The Hall–Kier alpha value is -2.27. The third-order valence-corrected chi connectivity index (χ3v) is 2.09. The number of halogens is 1. The first-order valence-corrected chi connectivity index (χ1v) is 5.28. The maximum atomic E-state index is 10.5. The van der Waals surface area contributed by atoms with E-state index in [-0.39, 0.29) is 11.3 Å². The zero-order chi connectivity index (χ0) is 13.4. The SMILES string of the molecule is O=C(Cl)c1ccc([N+](=O)[O-])cc1.c1ccncc1. The van der Waals surface area contributed by atoms with Gasteiger partial charge < -0.3 is 0 Å². The van der Waals surface area contributed by atoms with Gasteiger partial charge in [0.05, 0.1) is 4.92 Å². The number of nitrogens with zero attached hydrogens (tertiary/aromatic N) is 2. The summed E-state index contributed by atoms with van der Waals surface area (Å²) in [6.45, 7) is 0. The van der Waals surface area contributed by atoms with Crippen LogP contribution in [0.4, 0.5) is 5.69 Å². The molecule has 0 bridgehead atoms. The number of pyridine rings is 1. The molecule has 18 heavy (non-hydrogen) atoms. The van der Waals surface area contributed by atoms with Crippen molar-refractivity contribution in [2.45, 2.75) is 0 Å². The highest BCUT2D eigenvalue weighted by molar-refractivity contribution is 6.67. The van der Waals surface area contributed by atoms with Crippen LogP contribution in [0.1, 0.15) is 10.4 Å². The van der Waals surface area contributed by atoms with Gasteiger partial charge in [-0.1, -0.05) is 6.07 Å². The van der Waals surface area contributed by atoms with Gasteiger partial charge in [0.1, 0.15) is 0 Å². The number of hydrogen-bond donors (Lipinski definition) is 0. The Balaban J connectivity index is 0.000000225. The van der Waals surface area contributed by atoms with Crippen molar-refractivity contribution in [3.8, 4) is 0 Å². The van der Waals surface area contributed by atoms with Crippen LogP contribution in [0.3, 0.4) is 0 Å². The molecule has 1 aromatic heterocycles. The molecule has 2 rings (SSSR count). The van der Waals surface area contributed by atoms with Crippen molar-refractivity contribution >= 4 is 22.5 Å². The highest BCUT2D eigenvalue weighted by Crippen LogP contribution is 2.12. The fourth-order valence-electron chi connectivity index (χ4n) is 1.03. The lowest BCUT2D eigenvalue weighted by Crippen LogP contribution is -1.90. The summed E-state index contributed by atoms with van der Waals surface area (Å²) in [5, 5.41) is 9.55. The van der Waals surface area contributed by atoms with Gasteiger partial charge in [0.2, 0.25) is 0 Å². The Kier molecular flexibility index (Phi) is 5.47. The summed E-state index contributed by atoms with van der Waals surface area (Å²) < 4.78 is 0. The molecule has 0 aliphatic carbocycles. The van der Waals surface area contributed by atoms with Crippen molar-refractivity contribution in [3.05, 3.63) is 70.5 Å². The number of carbonyl (C=O) groups excluding carboxylic acids is 1. The van der Waals surface area contributed by atoms with Crippen LogP contribution in [0.2, 0.25) is 0 Å². The van der Waals surface area contributed by atoms with Crippen LogP contribution in [-0.2, 0) is 0 Å². The van der Waals surface area contributed by atoms with Crippen molar-refractivity contribution in [1.29, 1.82) is 0 Å². The number of carbonyl (C=O) groups is 1. The van der Waals surface area contributed by atoms with Crippen LogP contribution < -0.4 is 0 Å². The number of nitro groups is 1. The van der Waals surface area contributed by atoms with Gasteiger partial charge in [-0.15, -0.1) is 0 Å². The number of benzene rings is 1. The predicted octanol–water partition coefficient (Wildman–Crippen LogP) is 3.06. The Morgan fingerprint density at radius 1 is 1.11 bits per heavy atom. The lowest BCUT2D eigenvalue weighted by atomic mass is 10.2. The first-order chi connectivity index (χ1) is 8.61. The van der Waals surface area contributed by atoms with Crippen molar-refractivity contribution < 1.29 is 9.72 Å². The van der Waals surface area contributed by atoms with Gasteiger partial charge in [-0.05, 0) is 35.9 Å². The van der Waals surface area contributed by atoms with E-state index < -0.39 is 10.2 Å². The fraction of sp³-hybridized carbons (Fsp3) is 0. The molecule has 92 valence electrons. The van der Waals surface area contributed by atoms with E-state index in [1.54, 1.807) is 12.4 Å². The van der Waals surface area contributed by atoms with Crippen molar-refractivity contribution in [3.63, 3.8) is 0 Å². The second-order valence-electron chi connectivity index (χ2n) is 3.10. The van der Waals surface area contributed by atoms with Gasteiger partial charge in [0.15, 0.2) is 0 Å². The van der Waals surface area contributed by atoms with E-state index in [1.807, 2.05) is 18.2 Å². The molecule has 0 atom stereocenters. The van der Waals surface area contributed by atoms with Crippen molar-refractivity contribution in [2.75, 3.05) is 0 Å². The molecule has 2 aromatic rings. The summed E-state index contributed by atoms with van der Waals surface area (Å²) in [6, 6.07) is 10.8. The molecule has 0 amide bonds. The van der Waals surface area contributed by atoms with Gasteiger partial charge in [-0.25, -0.2) is 0 Å². The normalized spacial score (nSPS) is 8.94. The first kappa shape index (κ1) is 13.8. The predicted molar refractivity (Wildman–Crippen MR) is 67.5 cm³/mol. The molecule has 1 aromatic carbocycles. The number of aromatic nitrogens is 1. The molecule has 0 aliphatic heterocycles. The Morgan fingerprint density at radius 3 is 1.94 bits per heavy atom. The highest BCUT2D eigenvalue weighted by Gasteiger charge is 2.06. The summed E-state index contributed by atoms with van der Waals surface area (Å²) in [6.07, 6.45) is 3.50. The zero-order valence-corrected chi connectivity index (χ0v) is 9.95. The smallest absolute Gasteiger partial charge is 0.269 e. The van der Waals surface area contributed by atoms with E-state index in [0.29, 0.717) is 0 Å². The zero-order valence-electron chi connectivity index (χ0n) is 9.19. The molecule has 0 fully saturated rings. The third kappa shape index (κ3) is 4.71. The summed E-state index contributed by atoms with van der Waals surface area (Å²) in [5.41, 5.74) is 0.193. The van der Waals surface area contributed by atoms with Crippen LogP contribution in [0.25, 0.3) is 0 Å². The lowest BCUT2D eigenvalue weighted by molar-refractivity contribution is -0.384. The largest absolute Gasteiger partial charge is 0.276 e. The maximum absolute atomic E-state index is 10.5. The minimum atomic E-state index is -0.620. The monoisotopic (exact) mass is 264 g/mol. The number of nitro benzene ring substituents is 1. The number of non-ortho nitro benzene ring substituents is 1. The van der Waals surface area contributed by atoms with Gasteiger partial charge in [-0.2, -0.15) is 0 Å². The molecular formula is C12H9ClN2O3. The van der Waals surface area contributed by atoms with Crippen LogP contribution in [0.15, 0.2) is 54.9 Å². The van der Waals surface area contributed by atoms with Gasteiger partial charge in [0.25, 0.3) is 10.9 Å². The second-order valence-corrected chi connectivity index (χ2v) is 3.45. The van der Waals surface area contributed by atoms with Gasteiger partial charge in [0, 0.05) is 30.1 Å². The first-order valence-electron chi connectivity index (χ1n) is 4.90. The van der Waals surface area contributed by atoms with Crippen molar-refractivity contribution in [1.82, 2.24) is 4.98 Å². The molecule has 0 unspecified atom stereocenters. The van der Waals surface area contributed by atoms with E-state index in [1.165, 1.54) is 24.3 Å².